The van der Waals surface area contributed by atoms with Gasteiger partial charge in [-0.15, -0.1) is 11.3 Å². The summed E-state index contributed by atoms with van der Waals surface area (Å²) in [7, 11) is 2.12. The molecular formula is C20H20ClN5OS. The molecule has 28 heavy (non-hydrogen) atoms. The van der Waals surface area contributed by atoms with Crippen molar-refractivity contribution in [1.82, 2.24) is 14.9 Å². The molecule has 3 heterocycles. The van der Waals surface area contributed by atoms with E-state index >= 15 is 0 Å². The monoisotopic (exact) mass is 413 g/mol. The number of piperazine rings is 1. The maximum atomic E-state index is 12.5. The standard InChI is InChI=1S/C20H20ClN5OS/c1-25-8-10-26(11-9-25)14-6-7-17(22-12-14)19(27)24-20-23-18(13-28-20)15-4-2-3-5-16(15)21/h2-7,12-13H,8-11H2,1H3,(H,23,24,27). The number of pyridine rings is 1. The number of anilines is 2. The zero-order valence-electron chi connectivity index (χ0n) is 15.4. The lowest BCUT2D eigenvalue weighted by Gasteiger charge is -2.33. The number of thiazole rings is 1. The molecule has 8 heteroatoms. The molecular weight excluding hydrogens is 394 g/mol. The largest absolute Gasteiger partial charge is 0.368 e. The number of halogens is 1. The number of nitrogens with one attached hydrogen (secondary N) is 1. The Bertz CT molecular complexity index is 967. The van der Waals surface area contributed by atoms with Crippen molar-refractivity contribution in [3.8, 4) is 11.3 Å². The molecule has 4 rings (SSSR count). The van der Waals surface area contributed by atoms with Gasteiger partial charge in [-0.25, -0.2) is 9.97 Å². The van der Waals surface area contributed by atoms with Crippen molar-refractivity contribution in [2.45, 2.75) is 0 Å². The van der Waals surface area contributed by atoms with Crippen LogP contribution in [0.5, 0.6) is 0 Å². The highest BCUT2D eigenvalue weighted by molar-refractivity contribution is 7.14. The zero-order valence-corrected chi connectivity index (χ0v) is 17.0. The number of carbonyl (C=O) groups is 1. The third kappa shape index (κ3) is 4.16. The highest BCUT2D eigenvalue weighted by Crippen LogP contribution is 2.30. The molecule has 6 nitrogen and oxygen atoms in total. The average molecular weight is 414 g/mol. The molecule has 1 aromatic carbocycles. The Hall–Kier alpha value is -2.48. The number of likely N-dealkylation sites (N-methyl/N-ethyl adjacent to an activating group) is 1. The number of hydrogen-bond acceptors (Lipinski definition) is 6. The minimum Gasteiger partial charge on any atom is -0.368 e. The van der Waals surface area contributed by atoms with Crippen LogP contribution in [0.3, 0.4) is 0 Å². The molecule has 0 aliphatic carbocycles. The fourth-order valence-electron chi connectivity index (χ4n) is 3.06. The van der Waals surface area contributed by atoms with E-state index in [2.05, 4.69) is 32.1 Å². The number of amides is 1. The van der Waals surface area contributed by atoms with E-state index in [-0.39, 0.29) is 5.91 Å². The molecule has 1 fully saturated rings. The SMILES string of the molecule is CN1CCN(c2ccc(C(=O)Nc3nc(-c4ccccc4Cl)cs3)nc2)CC1. The molecule has 0 unspecified atom stereocenters. The molecule has 1 saturated heterocycles. The Labute approximate surface area is 172 Å². The predicted octanol–water partition coefficient (Wildman–Crippen LogP) is 3.86. The summed E-state index contributed by atoms with van der Waals surface area (Å²) in [5, 5.41) is 5.84. The van der Waals surface area contributed by atoms with Crippen LogP contribution in [0.2, 0.25) is 5.02 Å². The van der Waals surface area contributed by atoms with Crippen molar-refractivity contribution in [1.29, 1.82) is 0 Å². The third-order valence-corrected chi connectivity index (χ3v) is 5.81. The summed E-state index contributed by atoms with van der Waals surface area (Å²) >= 11 is 7.58. The first-order chi connectivity index (χ1) is 13.6. The number of nitrogens with zero attached hydrogens (tertiary/aromatic N) is 4. The Kier molecular flexibility index (Phi) is 5.57. The molecule has 2 aromatic heterocycles. The van der Waals surface area contributed by atoms with E-state index in [4.69, 9.17) is 11.6 Å². The first-order valence-corrected chi connectivity index (χ1v) is 10.3. The highest BCUT2D eigenvalue weighted by Gasteiger charge is 2.16. The highest BCUT2D eigenvalue weighted by atomic mass is 35.5. The van der Waals surface area contributed by atoms with Gasteiger partial charge >= 0.3 is 0 Å². The van der Waals surface area contributed by atoms with Crippen LogP contribution >= 0.6 is 22.9 Å². The summed E-state index contributed by atoms with van der Waals surface area (Å²) in [5.41, 5.74) is 2.99. The maximum absolute atomic E-state index is 12.5. The Morgan fingerprint density at radius 3 is 2.64 bits per heavy atom. The summed E-state index contributed by atoms with van der Waals surface area (Å²) in [6.45, 7) is 3.99. The second-order valence-corrected chi connectivity index (χ2v) is 7.93. The van der Waals surface area contributed by atoms with Crippen LogP contribution in [0.4, 0.5) is 10.8 Å². The van der Waals surface area contributed by atoms with Gasteiger partial charge in [-0.05, 0) is 25.2 Å². The van der Waals surface area contributed by atoms with Crippen LogP contribution in [-0.4, -0.2) is 54.0 Å². The topological polar surface area (TPSA) is 61.4 Å². The van der Waals surface area contributed by atoms with Gasteiger partial charge in [0, 0.05) is 42.1 Å². The van der Waals surface area contributed by atoms with E-state index in [1.807, 2.05) is 35.7 Å². The molecule has 144 valence electrons. The molecule has 0 saturated carbocycles. The third-order valence-electron chi connectivity index (χ3n) is 4.72. The van der Waals surface area contributed by atoms with Gasteiger partial charge < -0.3 is 9.80 Å². The molecule has 0 radical (unpaired) electrons. The minimum atomic E-state index is -0.273. The first kappa shape index (κ1) is 18.9. The van der Waals surface area contributed by atoms with Crippen molar-refractivity contribution in [3.63, 3.8) is 0 Å². The van der Waals surface area contributed by atoms with E-state index in [0.29, 0.717) is 15.8 Å². The van der Waals surface area contributed by atoms with E-state index in [1.165, 1.54) is 11.3 Å². The number of rotatable bonds is 4. The fraction of sp³-hybridized carbons (Fsp3) is 0.250. The van der Waals surface area contributed by atoms with Gasteiger partial charge in [0.15, 0.2) is 5.13 Å². The summed E-state index contributed by atoms with van der Waals surface area (Å²) in [6, 6.07) is 11.2. The van der Waals surface area contributed by atoms with Crippen molar-refractivity contribution in [2.24, 2.45) is 0 Å². The lowest BCUT2D eigenvalue weighted by Crippen LogP contribution is -2.44. The van der Waals surface area contributed by atoms with E-state index < -0.39 is 0 Å². The van der Waals surface area contributed by atoms with Gasteiger partial charge in [-0.1, -0.05) is 29.8 Å². The summed E-state index contributed by atoms with van der Waals surface area (Å²) in [5.74, 6) is -0.273. The Morgan fingerprint density at radius 1 is 1.14 bits per heavy atom. The zero-order chi connectivity index (χ0) is 19.5. The summed E-state index contributed by atoms with van der Waals surface area (Å²) < 4.78 is 0. The van der Waals surface area contributed by atoms with Crippen LogP contribution in [0.15, 0.2) is 48.0 Å². The molecule has 0 atom stereocenters. The lowest BCUT2D eigenvalue weighted by atomic mass is 10.2. The second kappa shape index (κ2) is 8.26. The van der Waals surface area contributed by atoms with Crippen molar-refractivity contribution < 1.29 is 4.79 Å². The van der Waals surface area contributed by atoms with Crippen LogP contribution in [0, 0.1) is 0 Å². The molecule has 1 amide bonds. The normalized spacial score (nSPS) is 14.9. The van der Waals surface area contributed by atoms with E-state index in [9.17, 15) is 4.79 Å². The maximum Gasteiger partial charge on any atom is 0.276 e. The molecule has 0 bridgehead atoms. The van der Waals surface area contributed by atoms with Gasteiger partial charge in [0.2, 0.25) is 0 Å². The van der Waals surface area contributed by atoms with Gasteiger partial charge in [0.05, 0.1) is 17.6 Å². The number of aromatic nitrogens is 2. The number of benzene rings is 1. The number of carbonyl (C=O) groups excluding carboxylic acids is 1. The molecule has 1 N–H and O–H groups in total. The number of hydrogen-bond donors (Lipinski definition) is 1. The molecule has 3 aromatic rings. The predicted molar refractivity (Wildman–Crippen MR) is 114 cm³/mol. The van der Waals surface area contributed by atoms with E-state index in [1.54, 1.807) is 12.3 Å². The van der Waals surface area contributed by atoms with Gasteiger partial charge in [0.1, 0.15) is 5.69 Å². The van der Waals surface area contributed by atoms with Crippen molar-refractivity contribution >= 4 is 39.7 Å². The quantitative estimate of drug-likeness (QED) is 0.703. The molecule has 0 spiro atoms. The minimum absolute atomic E-state index is 0.273. The Morgan fingerprint density at radius 2 is 1.93 bits per heavy atom. The molecule has 1 aliphatic heterocycles. The smallest absolute Gasteiger partial charge is 0.276 e. The van der Waals surface area contributed by atoms with Gasteiger partial charge in [0.25, 0.3) is 5.91 Å². The van der Waals surface area contributed by atoms with Gasteiger partial charge in [-0.3, -0.25) is 10.1 Å². The second-order valence-electron chi connectivity index (χ2n) is 6.66. The molecule has 1 aliphatic rings. The van der Waals surface area contributed by atoms with Crippen LogP contribution < -0.4 is 10.2 Å². The van der Waals surface area contributed by atoms with Crippen LogP contribution in [0.25, 0.3) is 11.3 Å². The first-order valence-electron chi connectivity index (χ1n) is 9.01. The average Bonchev–Trinajstić information content (AvgIpc) is 3.17. The van der Waals surface area contributed by atoms with Crippen LogP contribution in [0.1, 0.15) is 10.5 Å². The summed E-state index contributed by atoms with van der Waals surface area (Å²) in [6.07, 6.45) is 1.76. The summed E-state index contributed by atoms with van der Waals surface area (Å²) in [4.78, 5) is 25.9. The van der Waals surface area contributed by atoms with Crippen LogP contribution in [-0.2, 0) is 0 Å². The van der Waals surface area contributed by atoms with E-state index in [0.717, 1.165) is 43.1 Å². The lowest BCUT2D eigenvalue weighted by molar-refractivity contribution is 0.102. The Balaban J connectivity index is 1.42. The van der Waals surface area contributed by atoms with Crippen molar-refractivity contribution in [2.75, 3.05) is 43.4 Å². The van der Waals surface area contributed by atoms with Crippen molar-refractivity contribution in [3.05, 3.63) is 58.7 Å². The fourth-order valence-corrected chi connectivity index (χ4v) is 4.00. The van der Waals surface area contributed by atoms with Gasteiger partial charge in [-0.2, -0.15) is 0 Å².